The monoisotopic (exact) mass is 401 g/mol. The van der Waals surface area contributed by atoms with Crippen LogP contribution in [0, 0.1) is 0 Å². The number of para-hydroxylation sites is 1. The Hall–Kier alpha value is -2.08. The molecule has 5 nitrogen and oxygen atoms in total. The third-order valence-corrected chi connectivity index (χ3v) is 5.25. The van der Waals surface area contributed by atoms with E-state index in [9.17, 15) is 4.79 Å². The topological polar surface area (TPSA) is 44.8 Å². The van der Waals surface area contributed by atoms with Gasteiger partial charge in [-0.1, -0.05) is 41.9 Å². The second-order valence-corrected chi connectivity index (χ2v) is 7.56. The van der Waals surface area contributed by atoms with Gasteiger partial charge in [0.1, 0.15) is 12.4 Å². The van der Waals surface area contributed by atoms with Crippen molar-refractivity contribution in [1.29, 1.82) is 0 Å². The molecule has 1 fully saturated rings. The van der Waals surface area contributed by atoms with Gasteiger partial charge < -0.3 is 10.1 Å². The molecule has 6 heteroatoms. The first-order valence-electron chi connectivity index (χ1n) is 9.77. The average molecular weight is 402 g/mol. The average Bonchev–Trinajstić information content (AvgIpc) is 2.70. The highest BCUT2D eigenvalue weighted by Crippen LogP contribution is 2.16. The highest BCUT2D eigenvalue weighted by molar-refractivity contribution is 6.30. The van der Waals surface area contributed by atoms with Gasteiger partial charge in [0.15, 0.2) is 0 Å². The van der Waals surface area contributed by atoms with E-state index in [2.05, 4.69) is 15.1 Å². The number of piperazine rings is 1. The number of rotatable bonds is 8. The van der Waals surface area contributed by atoms with Gasteiger partial charge in [0.2, 0.25) is 5.91 Å². The number of hydrogen-bond acceptors (Lipinski definition) is 4. The Balaban J connectivity index is 1.33. The first-order valence-corrected chi connectivity index (χ1v) is 10.2. The molecule has 0 unspecified atom stereocenters. The van der Waals surface area contributed by atoms with Gasteiger partial charge in [-0.15, -0.1) is 0 Å². The van der Waals surface area contributed by atoms with Crippen molar-refractivity contribution in [2.45, 2.75) is 13.0 Å². The summed E-state index contributed by atoms with van der Waals surface area (Å²) in [4.78, 5) is 16.9. The van der Waals surface area contributed by atoms with Crippen LogP contribution in [0.25, 0.3) is 0 Å². The first kappa shape index (κ1) is 20.6. The molecule has 1 heterocycles. The fourth-order valence-corrected chi connectivity index (χ4v) is 3.43. The third kappa shape index (κ3) is 6.51. The lowest BCUT2D eigenvalue weighted by atomic mass is 10.1. The fourth-order valence-electron chi connectivity index (χ4n) is 3.31. The summed E-state index contributed by atoms with van der Waals surface area (Å²) < 4.78 is 5.77. The number of ether oxygens (including phenoxy) is 1. The van der Waals surface area contributed by atoms with E-state index in [0.29, 0.717) is 18.2 Å². The van der Waals surface area contributed by atoms with Crippen molar-refractivity contribution < 1.29 is 9.53 Å². The summed E-state index contributed by atoms with van der Waals surface area (Å²) in [6.45, 7) is 7.72. The summed E-state index contributed by atoms with van der Waals surface area (Å²) in [5.74, 6) is 0.968. The van der Waals surface area contributed by atoms with Crippen LogP contribution in [0.15, 0.2) is 54.6 Å². The molecule has 2 aromatic rings. The Bertz CT molecular complexity index is 731. The van der Waals surface area contributed by atoms with E-state index < -0.39 is 0 Å². The molecule has 1 aliphatic rings. The second kappa shape index (κ2) is 10.5. The van der Waals surface area contributed by atoms with E-state index in [1.165, 1.54) is 0 Å². The Kier molecular flexibility index (Phi) is 7.71. The van der Waals surface area contributed by atoms with Crippen LogP contribution in [0.2, 0.25) is 5.02 Å². The lowest BCUT2D eigenvalue weighted by molar-refractivity contribution is -0.123. The van der Waals surface area contributed by atoms with Crippen molar-refractivity contribution in [3.63, 3.8) is 0 Å². The van der Waals surface area contributed by atoms with E-state index in [1.807, 2.05) is 61.5 Å². The van der Waals surface area contributed by atoms with Crippen LogP contribution in [0.5, 0.6) is 5.75 Å². The molecule has 1 N–H and O–H groups in total. The first-order chi connectivity index (χ1) is 13.6. The molecule has 1 amide bonds. The zero-order chi connectivity index (χ0) is 19.8. The van der Waals surface area contributed by atoms with Crippen molar-refractivity contribution >= 4 is 17.5 Å². The molecule has 2 aromatic carbocycles. The Morgan fingerprint density at radius 1 is 1.04 bits per heavy atom. The lowest BCUT2D eigenvalue weighted by Gasteiger charge is -2.34. The normalized spacial score (nSPS) is 16.5. The van der Waals surface area contributed by atoms with Gasteiger partial charge in [0.05, 0.1) is 12.6 Å². The van der Waals surface area contributed by atoms with Gasteiger partial charge in [-0.2, -0.15) is 0 Å². The molecule has 0 aromatic heterocycles. The van der Waals surface area contributed by atoms with Gasteiger partial charge >= 0.3 is 0 Å². The van der Waals surface area contributed by atoms with Gasteiger partial charge in [0, 0.05) is 37.7 Å². The van der Waals surface area contributed by atoms with Crippen molar-refractivity contribution in [3.8, 4) is 5.75 Å². The maximum absolute atomic E-state index is 12.4. The fraction of sp³-hybridized carbons (Fsp3) is 0.409. The summed E-state index contributed by atoms with van der Waals surface area (Å²) in [6, 6.07) is 17.5. The highest BCUT2D eigenvalue weighted by Gasteiger charge is 2.19. The predicted octanol–water partition coefficient (Wildman–Crippen LogP) is 3.21. The highest BCUT2D eigenvalue weighted by atomic mass is 35.5. The number of hydrogen-bond donors (Lipinski definition) is 1. The van der Waals surface area contributed by atoms with E-state index in [0.717, 1.165) is 44.0 Å². The van der Waals surface area contributed by atoms with Crippen molar-refractivity contribution in [2.24, 2.45) is 0 Å². The minimum absolute atomic E-state index is 0.0267. The molecule has 1 saturated heterocycles. The molecular formula is C22H28ClN3O2. The summed E-state index contributed by atoms with van der Waals surface area (Å²) in [5, 5.41) is 3.77. The summed E-state index contributed by atoms with van der Waals surface area (Å²) in [7, 11) is 0. The van der Waals surface area contributed by atoms with Gasteiger partial charge in [-0.3, -0.25) is 14.6 Å². The third-order valence-electron chi connectivity index (χ3n) is 5.00. The molecule has 1 atom stereocenters. The van der Waals surface area contributed by atoms with Crippen molar-refractivity contribution in [3.05, 3.63) is 65.2 Å². The number of carbonyl (C=O) groups excluding carboxylic acids is 1. The zero-order valence-electron chi connectivity index (χ0n) is 16.3. The van der Waals surface area contributed by atoms with E-state index in [4.69, 9.17) is 16.3 Å². The molecule has 0 aliphatic carbocycles. The minimum Gasteiger partial charge on any atom is -0.492 e. The smallest absolute Gasteiger partial charge is 0.234 e. The maximum Gasteiger partial charge on any atom is 0.234 e. The number of amides is 1. The van der Waals surface area contributed by atoms with Gasteiger partial charge in [0.25, 0.3) is 0 Å². The second-order valence-electron chi connectivity index (χ2n) is 7.12. The molecule has 3 rings (SSSR count). The van der Waals surface area contributed by atoms with Crippen LogP contribution in [0.3, 0.4) is 0 Å². The van der Waals surface area contributed by atoms with E-state index in [1.54, 1.807) is 0 Å². The summed E-state index contributed by atoms with van der Waals surface area (Å²) >= 11 is 5.92. The molecule has 150 valence electrons. The van der Waals surface area contributed by atoms with Gasteiger partial charge in [-0.25, -0.2) is 0 Å². The van der Waals surface area contributed by atoms with Crippen LogP contribution in [-0.4, -0.2) is 61.6 Å². The van der Waals surface area contributed by atoms with E-state index in [-0.39, 0.29) is 11.9 Å². The quantitative estimate of drug-likeness (QED) is 0.737. The Morgan fingerprint density at radius 2 is 1.68 bits per heavy atom. The molecular weight excluding hydrogens is 374 g/mol. The minimum atomic E-state index is -0.0267. The summed E-state index contributed by atoms with van der Waals surface area (Å²) in [6.07, 6.45) is 0. The molecule has 0 radical (unpaired) electrons. The lowest BCUT2D eigenvalue weighted by Crippen LogP contribution is -2.50. The standard InChI is InChI=1S/C22H28ClN3O2/c1-18(19-7-9-20(23)10-8-19)24-22(27)17-26-13-11-25(12-14-26)15-16-28-21-5-3-2-4-6-21/h2-10,18H,11-17H2,1H3,(H,24,27)/t18-/m0/s1. The Morgan fingerprint density at radius 3 is 2.36 bits per heavy atom. The number of halogens is 1. The van der Waals surface area contributed by atoms with Crippen LogP contribution in [0.4, 0.5) is 0 Å². The van der Waals surface area contributed by atoms with Crippen LogP contribution < -0.4 is 10.1 Å². The molecule has 0 bridgehead atoms. The number of nitrogens with one attached hydrogen (secondary N) is 1. The summed E-state index contributed by atoms with van der Waals surface area (Å²) in [5.41, 5.74) is 1.06. The van der Waals surface area contributed by atoms with Crippen LogP contribution >= 0.6 is 11.6 Å². The van der Waals surface area contributed by atoms with Crippen molar-refractivity contribution in [2.75, 3.05) is 45.9 Å². The molecule has 28 heavy (non-hydrogen) atoms. The molecule has 1 aliphatic heterocycles. The number of nitrogens with zero attached hydrogens (tertiary/aromatic N) is 2. The van der Waals surface area contributed by atoms with Crippen LogP contribution in [-0.2, 0) is 4.79 Å². The predicted molar refractivity (Wildman–Crippen MR) is 113 cm³/mol. The van der Waals surface area contributed by atoms with Crippen molar-refractivity contribution in [1.82, 2.24) is 15.1 Å². The molecule has 0 saturated carbocycles. The Labute approximate surface area is 172 Å². The van der Waals surface area contributed by atoms with Crippen LogP contribution in [0.1, 0.15) is 18.5 Å². The maximum atomic E-state index is 12.4. The number of carbonyl (C=O) groups is 1. The molecule has 0 spiro atoms. The van der Waals surface area contributed by atoms with Gasteiger partial charge in [-0.05, 0) is 36.8 Å². The zero-order valence-corrected chi connectivity index (χ0v) is 17.1. The largest absolute Gasteiger partial charge is 0.492 e. The number of benzene rings is 2. The van der Waals surface area contributed by atoms with E-state index >= 15 is 0 Å². The SMILES string of the molecule is C[C@H](NC(=O)CN1CCN(CCOc2ccccc2)CC1)c1ccc(Cl)cc1.